The zero-order valence-electron chi connectivity index (χ0n) is 16.7. The highest BCUT2D eigenvalue weighted by molar-refractivity contribution is 7.91. The molecule has 164 valence electrons. The van der Waals surface area contributed by atoms with Gasteiger partial charge in [-0.05, 0) is 49.6 Å². The highest BCUT2D eigenvalue weighted by atomic mass is 35.5. The van der Waals surface area contributed by atoms with Crippen LogP contribution in [0.5, 0.6) is 5.75 Å². The highest BCUT2D eigenvalue weighted by Crippen LogP contribution is 2.22. The smallest absolute Gasteiger partial charge is 0.269 e. The van der Waals surface area contributed by atoms with E-state index < -0.39 is 15.9 Å². The number of benzene rings is 2. The summed E-state index contributed by atoms with van der Waals surface area (Å²) in [6.07, 6.45) is 1.33. The maximum Gasteiger partial charge on any atom is 0.269 e. The number of nitrogens with zero attached hydrogens (tertiary/aromatic N) is 2. The molecular formula is C20H21ClN4O4S2. The first-order valence-corrected chi connectivity index (χ1v) is 12.2. The molecule has 2 aromatic carbocycles. The van der Waals surface area contributed by atoms with Crippen LogP contribution in [0.15, 0.2) is 52.9 Å². The van der Waals surface area contributed by atoms with Crippen LogP contribution in [-0.2, 0) is 16.4 Å². The fourth-order valence-corrected chi connectivity index (χ4v) is 4.89. The lowest BCUT2D eigenvalue weighted by Gasteiger charge is -2.06. The summed E-state index contributed by atoms with van der Waals surface area (Å²) in [6, 6.07) is 14.2. The van der Waals surface area contributed by atoms with Crippen molar-refractivity contribution in [1.82, 2.24) is 14.9 Å². The Kier molecular flexibility index (Phi) is 7.97. The number of rotatable bonds is 10. The van der Waals surface area contributed by atoms with Crippen LogP contribution in [0, 0.1) is 0 Å². The van der Waals surface area contributed by atoms with E-state index in [1.807, 2.05) is 31.2 Å². The van der Waals surface area contributed by atoms with Gasteiger partial charge in [-0.3, -0.25) is 10.1 Å². The summed E-state index contributed by atoms with van der Waals surface area (Å²) in [5, 5.41) is 10.3. The van der Waals surface area contributed by atoms with Crippen molar-refractivity contribution in [3.63, 3.8) is 0 Å². The number of halogens is 1. The van der Waals surface area contributed by atoms with Crippen molar-refractivity contribution >= 4 is 44.0 Å². The maximum absolute atomic E-state index is 12.4. The van der Waals surface area contributed by atoms with Gasteiger partial charge < -0.3 is 4.74 Å². The Balaban J connectivity index is 1.51. The first-order valence-electron chi connectivity index (χ1n) is 9.50. The molecule has 3 aromatic rings. The van der Waals surface area contributed by atoms with Crippen LogP contribution in [0.4, 0.5) is 5.13 Å². The summed E-state index contributed by atoms with van der Waals surface area (Å²) in [7, 11) is -3.82. The standard InChI is InChI=1S/C20H21ClN4O4S2/c1-2-29-15-11-9-14(10-12-15)6-5-13-22-31(27,28)20-25-24-19(30-20)23-18(26)16-7-3-4-8-17(16)21/h3-4,7-12,22H,2,5-6,13H2,1H3,(H,23,24,26). The number of aromatic nitrogens is 2. The van der Waals surface area contributed by atoms with Gasteiger partial charge in [-0.1, -0.05) is 47.2 Å². The third-order valence-electron chi connectivity index (χ3n) is 4.14. The second-order valence-corrected chi connectivity index (χ2v) is 9.71. The fraction of sp³-hybridized carbons (Fsp3) is 0.250. The quantitative estimate of drug-likeness (QED) is 0.337. The van der Waals surface area contributed by atoms with Crippen LogP contribution < -0.4 is 14.8 Å². The number of sulfonamides is 1. The average Bonchev–Trinajstić information content (AvgIpc) is 3.22. The number of amides is 1. The summed E-state index contributed by atoms with van der Waals surface area (Å²) >= 11 is 6.76. The summed E-state index contributed by atoms with van der Waals surface area (Å²) in [5.41, 5.74) is 1.35. The first kappa shape index (κ1) is 23.1. The molecule has 0 aliphatic heterocycles. The molecule has 1 heterocycles. The zero-order chi connectivity index (χ0) is 22.3. The Bertz CT molecular complexity index is 1130. The van der Waals surface area contributed by atoms with Crippen molar-refractivity contribution in [3.05, 3.63) is 64.7 Å². The molecule has 0 atom stereocenters. The number of nitrogens with one attached hydrogen (secondary N) is 2. The second kappa shape index (κ2) is 10.7. The van der Waals surface area contributed by atoms with Gasteiger partial charge in [-0.25, -0.2) is 13.1 Å². The van der Waals surface area contributed by atoms with Crippen LogP contribution >= 0.6 is 22.9 Å². The van der Waals surface area contributed by atoms with Crippen molar-refractivity contribution in [1.29, 1.82) is 0 Å². The molecule has 0 unspecified atom stereocenters. The number of aryl methyl sites for hydroxylation is 1. The van der Waals surface area contributed by atoms with E-state index in [2.05, 4.69) is 20.2 Å². The molecule has 3 rings (SSSR count). The molecule has 0 aliphatic rings. The molecular weight excluding hydrogens is 460 g/mol. The Hall–Kier alpha value is -2.53. The Morgan fingerprint density at radius 2 is 1.87 bits per heavy atom. The molecule has 0 saturated heterocycles. The van der Waals surface area contributed by atoms with Gasteiger partial charge in [0.05, 0.1) is 17.2 Å². The van der Waals surface area contributed by atoms with E-state index >= 15 is 0 Å². The van der Waals surface area contributed by atoms with E-state index in [1.54, 1.807) is 24.3 Å². The third-order valence-corrected chi connectivity index (χ3v) is 7.14. The molecule has 11 heteroatoms. The third kappa shape index (κ3) is 6.47. The van der Waals surface area contributed by atoms with Crippen LogP contribution in [0.3, 0.4) is 0 Å². The van der Waals surface area contributed by atoms with E-state index in [4.69, 9.17) is 16.3 Å². The van der Waals surface area contributed by atoms with Crippen LogP contribution in [0.2, 0.25) is 5.02 Å². The lowest BCUT2D eigenvalue weighted by Crippen LogP contribution is -2.25. The molecule has 1 amide bonds. The first-order chi connectivity index (χ1) is 14.9. The van der Waals surface area contributed by atoms with E-state index in [0.29, 0.717) is 19.4 Å². The Labute approximate surface area is 189 Å². The van der Waals surface area contributed by atoms with Gasteiger partial charge in [-0.15, -0.1) is 10.2 Å². The SMILES string of the molecule is CCOc1ccc(CCCNS(=O)(=O)c2nnc(NC(=O)c3ccccc3Cl)s2)cc1. The molecule has 0 bridgehead atoms. The molecule has 0 fully saturated rings. The molecule has 2 N–H and O–H groups in total. The molecule has 0 radical (unpaired) electrons. The van der Waals surface area contributed by atoms with Crippen LogP contribution in [0.1, 0.15) is 29.3 Å². The normalized spacial score (nSPS) is 11.3. The number of carbonyl (C=O) groups excluding carboxylic acids is 1. The average molecular weight is 481 g/mol. The molecule has 1 aromatic heterocycles. The van der Waals surface area contributed by atoms with E-state index in [0.717, 1.165) is 22.6 Å². The van der Waals surface area contributed by atoms with Gasteiger partial charge in [-0.2, -0.15) is 0 Å². The molecule has 31 heavy (non-hydrogen) atoms. The van der Waals surface area contributed by atoms with E-state index in [1.165, 1.54) is 0 Å². The van der Waals surface area contributed by atoms with Gasteiger partial charge in [0.15, 0.2) is 0 Å². The number of hydrogen-bond acceptors (Lipinski definition) is 7. The van der Waals surface area contributed by atoms with Crippen molar-refractivity contribution < 1.29 is 17.9 Å². The van der Waals surface area contributed by atoms with Crippen molar-refractivity contribution in [2.24, 2.45) is 0 Å². The molecule has 8 nitrogen and oxygen atoms in total. The van der Waals surface area contributed by atoms with Gasteiger partial charge >= 0.3 is 0 Å². The number of hydrogen-bond donors (Lipinski definition) is 2. The van der Waals surface area contributed by atoms with Gasteiger partial charge in [0.2, 0.25) is 9.47 Å². The van der Waals surface area contributed by atoms with Crippen molar-refractivity contribution in [2.45, 2.75) is 24.1 Å². The second-order valence-electron chi connectivity index (χ2n) is 6.39. The zero-order valence-corrected chi connectivity index (χ0v) is 19.1. The number of ether oxygens (including phenoxy) is 1. The van der Waals surface area contributed by atoms with Crippen LogP contribution in [-0.4, -0.2) is 37.7 Å². The van der Waals surface area contributed by atoms with Crippen molar-refractivity contribution in [3.8, 4) is 5.75 Å². The Morgan fingerprint density at radius 1 is 1.13 bits per heavy atom. The van der Waals surface area contributed by atoms with Crippen LogP contribution in [0.25, 0.3) is 0 Å². The maximum atomic E-state index is 12.4. The Morgan fingerprint density at radius 3 is 2.58 bits per heavy atom. The number of carbonyl (C=O) groups is 1. The minimum Gasteiger partial charge on any atom is -0.494 e. The van der Waals surface area contributed by atoms with Gasteiger partial charge in [0, 0.05) is 6.54 Å². The molecule has 0 saturated carbocycles. The summed E-state index contributed by atoms with van der Waals surface area (Å²) in [5.74, 6) is 0.315. The monoisotopic (exact) mass is 480 g/mol. The summed E-state index contributed by atoms with van der Waals surface area (Å²) in [6.45, 7) is 2.78. The minimum atomic E-state index is -3.82. The van der Waals surface area contributed by atoms with E-state index in [9.17, 15) is 13.2 Å². The topological polar surface area (TPSA) is 110 Å². The largest absolute Gasteiger partial charge is 0.494 e. The highest BCUT2D eigenvalue weighted by Gasteiger charge is 2.21. The summed E-state index contributed by atoms with van der Waals surface area (Å²) < 4.78 is 32.5. The lowest BCUT2D eigenvalue weighted by atomic mass is 10.1. The predicted molar refractivity (Wildman–Crippen MR) is 120 cm³/mol. The minimum absolute atomic E-state index is 0.0692. The molecule has 0 aliphatic carbocycles. The van der Waals surface area contributed by atoms with Crippen molar-refractivity contribution in [2.75, 3.05) is 18.5 Å². The van der Waals surface area contributed by atoms with Gasteiger partial charge in [0.25, 0.3) is 15.9 Å². The molecule has 0 spiro atoms. The predicted octanol–water partition coefficient (Wildman–Crippen LogP) is 3.75. The van der Waals surface area contributed by atoms with Gasteiger partial charge in [0.1, 0.15) is 5.75 Å². The lowest BCUT2D eigenvalue weighted by molar-refractivity contribution is 0.102. The van der Waals surface area contributed by atoms with E-state index in [-0.39, 0.29) is 26.6 Å². The number of anilines is 1. The fourth-order valence-electron chi connectivity index (χ4n) is 2.66. The summed E-state index contributed by atoms with van der Waals surface area (Å²) in [4.78, 5) is 12.3.